The van der Waals surface area contributed by atoms with E-state index in [1.807, 2.05) is 63.2 Å². The molecule has 2 aliphatic heterocycles. The summed E-state index contributed by atoms with van der Waals surface area (Å²) < 4.78 is 5.20. The number of ether oxygens (including phenoxy) is 1. The fourth-order valence-corrected chi connectivity index (χ4v) is 3.65. The van der Waals surface area contributed by atoms with Crippen LogP contribution in [0.4, 0.5) is 10.5 Å². The number of rotatable bonds is 4. The summed E-state index contributed by atoms with van der Waals surface area (Å²) in [5.74, 6) is -0.830. The molecule has 7 heteroatoms. The van der Waals surface area contributed by atoms with E-state index in [1.165, 1.54) is 4.90 Å². The Morgan fingerprint density at radius 3 is 2.53 bits per heavy atom. The maximum Gasteiger partial charge on any atom is 0.338 e. The number of anilines is 1. The highest BCUT2D eigenvalue weighted by atomic mass is 16.5. The number of aryl methyl sites for hydroxylation is 3. The Kier molecular flexibility index (Phi) is 5.03. The molecule has 0 unspecified atom stereocenters. The predicted molar refractivity (Wildman–Crippen MR) is 112 cm³/mol. The van der Waals surface area contributed by atoms with Gasteiger partial charge in [-0.3, -0.25) is 9.69 Å². The average molecular weight is 405 g/mol. The lowest BCUT2D eigenvalue weighted by molar-refractivity contribution is -0.136. The van der Waals surface area contributed by atoms with Gasteiger partial charge in [0.2, 0.25) is 5.91 Å². The van der Waals surface area contributed by atoms with Crippen molar-refractivity contribution in [3.05, 3.63) is 76.0 Å². The van der Waals surface area contributed by atoms with Gasteiger partial charge in [0.15, 0.2) is 0 Å². The Labute approximate surface area is 174 Å². The fraction of sp³-hybridized carbons (Fsp3) is 0.261. The van der Waals surface area contributed by atoms with E-state index in [2.05, 4.69) is 10.6 Å². The van der Waals surface area contributed by atoms with Crippen molar-refractivity contribution in [2.24, 2.45) is 0 Å². The zero-order valence-electron chi connectivity index (χ0n) is 17.1. The van der Waals surface area contributed by atoms with Crippen LogP contribution in [-0.2, 0) is 14.3 Å². The van der Waals surface area contributed by atoms with Crippen LogP contribution in [0, 0.1) is 20.8 Å². The third-order valence-corrected chi connectivity index (χ3v) is 5.50. The Bertz CT molecular complexity index is 1070. The zero-order chi connectivity index (χ0) is 21.4. The Morgan fingerprint density at radius 1 is 1.10 bits per heavy atom. The summed E-state index contributed by atoms with van der Waals surface area (Å²) in [6.45, 7) is 5.69. The third kappa shape index (κ3) is 3.66. The number of amides is 3. The summed E-state index contributed by atoms with van der Waals surface area (Å²) >= 11 is 0. The zero-order valence-corrected chi connectivity index (χ0v) is 17.1. The van der Waals surface area contributed by atoms with Gasteiger partial charge in [0, 0.05) is 5.69 Å². The van der Waals surface area contributed by atoms with E-state index in [9.17, 15) is 14.4 Å². The summed E-state index contributed by atoms with van der Waals surface area (Å²) in [5.41, 5.74) is 5.52. The molecule has 0 aromatic heterocycles. The third-order valence-electron chi connectivity index (χ3n) is 5.50. The lowest BCUT2D eigenvalue weighted by atomic mass is 9.95. The van der Waals surface area contributed by atoms with E-state index < -0.39 is 18.0 Å². The largest absolute Gasteiger partial charge is 0.456 e. The molecule has 4 rings (SSSR count). The van der Waals surface area contributed by atoms with Crippen LogP contribution in [-0.4, -0.2) is 36.0 Å². The fourth-order valence-electron chi connectivity index (χ4n) is 3.65. The molecule has 0 fully saturated rings. The van der Waals surface area contributed by atoms with Crippen LogP contribution in [0.25, 0.3) is 0 Å². The van der Waals surface area contributed by atoms with E-state index in [1.54, 1.807) is 0 Å². The summed E-state index contributed by atoms with van der Waals surface area (Å²) in [6, 6.07) is 12.2. The monoisotopic (exact) mass is 405 g/mol. The van der Waals surface area contributed by atoms with Crippen LogP contribution in [0.5, 0.6) is 0 Å². The average Bonchev–Trinajstić information content (AvgIpc) is 3.09. The Morgan fingerprint density at radius 2 is 1.83 bits per heavy atom. The first-order valence-corrected chi connectivity index (χ1v) is 9.75. The molecule has 3 amide bonds. The minimum Gasteiger partial charge on any atom is -0.456 e. The van der Waals surface area contributed by atoms with Crippen LogP contribution < -0.4 is 10.6 Å². The van der Waals surface area contributed by atoms with Gasteiger partial charge in [0.1, 0.15) is 13.2 Å². The normalized spacial score (nSPS) is 18.1. The molecular weight excluding hydrogens is 382 g/mol. The maximum atomic E-state index is 12.8. The topological polar surface area (TPSA) is 87.7 Å². The standard InChI is InChI=1S/C23H23N3O4/c1-13-4-7-16(8-5-13)21-20-18(12-30-22(20)28)26(23(29)25-21)11-19(27)24-17-9-6-14(2)15(3)10-17/h4-10,21H,11-12H2,1-3H3,(H,24,27)(H,25,29)/t21-/m1/s1. The van der Waals surface area contributed by atoms with E-state index in [0.29, 0.717) is 17.0 Å². The number of cyclic esters (lactones) is 1. The molecule has 2 aliphatic rings. The smallest absolute Gasteiger partial charge is 0.338 e. The van der Waals surface area contributed by atoms with Crippen LogP contribution in [0.1, 0.15) is 28.3 Å². The van der Waals surface area contributed by atoms with Gasteiger partial charge in [0.25, 0.3) is 0 Å². The van der Waals surface area contributed by atoms with Gasteiger partial charge in [-0.05, 0) is 49.6 Å². The SMILES string of the molecule is Cc1ccc([C@H]2NC(=O)N(CC(=O)Nc3ccc(C)c(C)c3)C3=C2C(=O)OC3)cc1. The number of nitrogens with one attached hydrogen (secondary N) is 2. The second-order valence-corrected chi connectivity index (χ2v) is 7.66. The van der Waals surface area contributed by atoms with Gasteiger partial charge in [-0.15, -0.1) is 0 Å². The number of esters is 1. The quantitative estimate of drug-likeness (QED) is 0.765. The van der Waals surface area contributed by atoms with E-state index in [0.717, 1.165) is 22.3 Å². The highest BCUT2D eigenvalue weighted by Gasteiger charge is 2.42. The molecular formula is C23H23N3O4. The Hall–Kier alpha value is -3.61. The first kappa shape index (κ1) is 19.7. The van der Waals surface area contributed by atoms with Gasteiger partial charge < -0.3 is 15.4 Å². The second-order valence-electron chi connectivity index (χ2n) is 7.66. The van der Waals surface area contributed by atoms with Gasteiger partial charge in [-0.25, -0.2) is 9.59 Å². The molecule has 0 saturated heterocycles. The molecule has 7 nitrogen and oxygen atoms in total. The second kappa shape index (κ2) is 7.67. The number of urea groups is 1. The minimum absolute atomic E-state index is 0.0269. The van der Waals surface area contributed by atoms with Crippen LogP contribution in [0.15, 0.2) is 53.7 Å². The van der Waals surface area contributed by atoms with E-state index in [4.69, 9.17) is 4.74 Å². The van der Waals surface area contributed by atoms with Crippen LogP contribution >= 0.6 is 0 Å². The molecule has 0 saturated carbocycles. The first-order valence-electron chi connectivity index (χ1n) is 9.75. The molecule has 30 heavy (non-hydrogen) atoms. The highest BCUT2D eigenvalue weighted by molar-refractivity contribution is 6.00. The molecule has 2 heterocycles. The van der Waals surface area contributed by atoms with Crippen molar-refractivity contribution in [3.63, 3.8) is 0 Å². The van der Waals surface area contributed by atoms with Gasteiger partial charge in [0.05, 0.1) is 17.3 Å². The predicted octanol–water partition coefficient (Wildman–Crippen LogP) is 3.13. The highest BCUT2D eigenvalue weighted by Crippen LogP contribution is 2.35. The number of hydrogen-bond acceptors (Lipinski definition) is 4. The maximum absolute atomic E-state index is 12.8. The molecule has 0 aliphatic carbocycles. The number of hydrogen-bond donors (Lipinski definition) is 2. The molecule has 0 bridgehead atoms. The van der Waals surface area contributed by atoms with Crippen molar-refractivity contribution in [2.45, 2.75) is 26.8 Å². The van der Waals surface area contributed by atoms with Gasteiger partial charge >= 0.3 is 12.0 Å². The molecule has 2 aromatic carbocycles. The van der Waals surface area contributed by atoms with Gasteiger partial charge in [-0.2, -0.15) is 0 Å². The molecule has 0 spiro atoms. The Balaban J connectivity index is 1.58. The number of benzene rings is 2. The summed E-state index contributed by atoms with van der Waals surface area (Å²) in [4.78, 5) is 39.1. The van der Waals surface area contributed by atoms with Crippen molar-refractivity contribution < 1.29 is 19.1 Å². The van der Waals surface area contributed by atoms with Crippen LogP contribution in [0.3, 0.4) is 0 Å². The molecule has 2 aromatic rings. The van der Waals surface area contributed by atoms with Crippen molar-refractivity contribution in [2.75, 3.05) is 18.5 Å². The van der Waals surface area contributed by atoms with Crippen molar-refractivity contribution >= 4 is 23.6 Å². The van der Waals surface area contributed by atoms with Crippen molar-refractivity contribution in [3.8, 4) is 0 Å². The first-order chi connectivity index (χ1) is 14.3. The van der Waals surface area contributed by atoms with E-state index >= 15 is 0 Å². The summed E-state index contributed by atoms with van der Waals surface area (Å²) in [6.07, 6.45) is 0. The van der Waals surface area contributed by atoms with E-state index in [-0.39, 0.29) is 19.1 Å². The van der Waals surface area contributed by atoms with Crippen LogP contribution in [0.2, 0.25) is 0 Å². The van der Waals surface area contributed by atoms with Crippen molar-refractivity contribution in [1.82, 2.24) is 10.2 Å². The lowest BCUT2D eigenvalue weighted by Crippen LogP contribution is -2.49. The molecule has 0 radical (unpaired) electrons. The summed E-state index contributed by atoms with van der Waals surface area (Å²) in [7, 11) is 0. The lowest BCUT2D eigenvalue weighted by Gasteiger charge is -2.32. The number of carbonyl (C=O) groups is 3. The number of carbonyl (C=O) groups excluding carboxylic acids is 3. The summed E-state index contributed by atoms with van der Waals surface area (Å²) in [5, 5.41) is 5.65. The molecule has 1 atom stereocenters. The molecule has 2 N–H and O–H groups in total. The molecule has 154 valence electrons. The van der Waals surface area contributed by atoms with Gasteiger partial charge in [-0.1, -0.05) is 35.9 Å². The minimum atomic E-state index is -0.595. The van der Waals surface area contributed by atoms with Crippen molar-refractivity contribution in [1.29, 1.82) is 0 Å². The number of nitrogens with zero attached hydrogens (tertiary/aromatic N) is 1.